The van der Waals surface area contributed by atoms with Gasteiger partial charge >= 0.3 is 0 Å². The molecule has 0 aliphatic carbocycles. The quantitative estimate of drug-likeness (QED) is 0.799. The molecule has 1 aromatic rings. The van der Waals surface area contributed by atoms with Crippen molar-refractivity contribution in [1.82, 2.24) is 5.32 Å². The predicted octanol–water partition coefficient (Wildman–Crippen LogP) is 2.84. The summed E-state index contributed by atoms with van der Waals surface area (Å²) in [4.78, 5) is 11.9. The minimum atomic E-state index is -0.244. The van der Waals surface area contributed by atoms with Gasteiger partial charge in [0.15, 0.2) is 0 Å². The van der Waals surface area contributed by atoms with Crippen molar-refractivity contribution < 1.29 is 4.79 Å². The lowest BCUT2D eigenvalue weighted by atomic mass is 10.0. The molecule has 0 aliphatic heterocycles. The number of halogens is 1. The molecule has 0 atom stereocenters. The molecule has 0 heterocycles. The number of para-hydroxylation sites is 1. The van der Waals surface area contributed by atoms with Gasteiger partial charge in [-0.3, -0.25) is 4.79 Å². The van der Waals surface area contributed by atoms with E-state index < -0.39 is 0 Å². The Kier molecular flexibility index (Phi) is 3.81. The SMILES string of the molecule is CCC(C)(C)NC(=O)c1cccc(Cl)c1N. The van der Waals surface area contributed by atoms with Crippen LogP contribution in [0.1, 0.15) is 37.6 Å². The second kappa shape index (κ2) is 4.74. The van der Waals surface area contributed by atoms with E-state index in [2.05, 4.69) is 5.32 Å². The summed E-state index contributed by atoms with van der Waals surface area (Å²) in [5.41, 5.74) is 6.26. The number of hydrogen-bond donors (Lipinski definition) is 2. The summed E-state index contributed by atoms with van der Waals surface area (Å²) in [7, 11) is 0. The van der Waals surface area contributed by atoms with E-state index in [1.54, 1.807) is 18.2 Å². The molecule has 0 saturated heterocycles. The van der Waals surface area contributed by atoms with Crippen molar-refractivity contribution in [2.45, 2.75) is 32.7 Å². The van der Waals surface area contributed by atoms with Crippen LogP contribution in [-0.4, -0.2) is 11.4 Å². The number of carbonyl (C=O) groups is 1. The Hall–Kier alpha value is -1.22. The summed E-state index contributed by atoms with van der Waals surface area (Å²) in [6.45, 7) is 5.94. The molecule has 1 rings (SSSR count). The van der Waals surface area contributed by atoms with Gasteiger partial charge in [0.2, 0.25) is 0 Å². The number of nitrogens with two attached hydrogens (primary N) is 1. The lowest BCUT2D eigenvalue weighted by Gasteiger charge is -2.24. The summed E-state index contributed by atoms with van der Waals surface area (Å²) in [5.74, 6) is -0.188. The van der Waals surface area contributed by atoms with Gasteiger partial charge in [-0.1, -0.05) is 24.6 Å². The van der Waals surface area contributed by atoms with Crippen LogP contribution in [0.25, 0.3) is 0 Å². The number of benzene rings is 1. The van der Waals surface area contributed by atoms with E-state index in [4.69, 9.17) is 17.3 Å². The van der Waals surface area contributed by atoms with Crippen molar-refractivity contribution in [2.75, 3.05) is 5.73 Å². The Labute approximate surface area is 101 Å². The lowest BCUT2D eigenvalue weighted by Crippen LogP contribution is -2.43. The van der Waals surface area contributed by atoms with Crippen LogP contribution in [0.15, 0.2) is 18.2 Å². The summed E-state index contributed by atoms with van der Waals surface area (Å²) < 4.78 is 0. The van der Waals surface area contributed by atoms with Crippen LogP contribution in [0.4, 0.5) is 5.69 Å². The Morgan fingerprint density at radius 1 is 1.50 bits per heavy atom. The van der Waals surface area contributed by atoms with Crippen LogP contribution < -0.4 is 11.1 Å². The number of anilines is 1. The number of rotatable bonds is 3. The lowest BCUT2D eigenvalue weighted by molar-refractivity contribution is 0.0912. The third-order valence-electron chi connectivity index (χ3n) is 2.63. The highest BCUT2D eigenvalue weighted by Crippen LogP contribution is 2.23. The van der Waals surface area contributed by atoms with Gasteiger partial charge in [-0.15, -0.1) is 0 Å². The average molecular weight is 241 g/mol. The molecule has 0 bridgehead atoms. The van der Waals surface area contributed by atoms with Crippen molar-refractivity contribution in [2.24, 2.45) is 0 Å². The molecule has 0 aromatic heterocycles. The first-order valence-corrected chi connectivity index (χ1v) is 5.61. The van der Waals surface area contributed by atoms with Gasteiger partial charge in [0, 0.05) is 5.54 Å². The smallest absolute Gasteiger partial charge is 0.253 e. The largest absolute Gasteiger partial charge is 0.397 e. The van der Waals surface area contributed by atoms with Gasteiger partial charge < -0.3 is 11.1 Å². The molecule has 0 radical (unpaired) electrons. The monoisotopic (exact) mass is 240 g/mol. The summed E-state index contributed by atoms with van der Waals surface area (Å²) >= 11 is 5.86. The van der Waals surface area contributed by atoms with Crippen molar-refractivity contribution in [3.8, 4) is 0 Å². The van der Waals surface area contributed by atoms with Gasteiger partial charge in [0.1, 0.15) is 0 Å². The molecule has 0 fully saturated rings. The average Bonchev–Trinajstić information content (AvgIpc) is 2.21. The predicted molar refractivity (Wildman–Crippen MR) is 67.7 cm³/mol. The molecule has 1 amide bonds. The molecule has 3 nitrogen and oxygen atoms in total. The third kappa shape index (κ3) is 2.89. The van der Waals surface area contributed by atoms with Gasteiger partial charge in [0.05, 0.1) is 16.3 Å². The second-order valence-electron chi connectivity index (χ2n) is 4.39. The Bertz CT molecular complexity index is 402. The first-order chi connectivity index (χ1) is 7.37. The molecule has 88 valence electrons. The molecule has 1 aromatic carbocycles. The van der Waals surface area contributed by atoms with Crippen LogP contribution in [0.2, 0.25) is 5.02 Å². The zero-order valence-electron chi connectivity index (χ0n) is 9.80. The minimum Gasteiger partial charge on any atom is -0.397 e. The number of carbonyl (C=O) groups excluding carboxylic acids is 1. The molecule has 4 heteroatoms. The normalized spacial score (nSPS) is 11.2. The van der Waals surface area contributed by atoms with Gasteiger partial charge in [-0.05, 0) is 32.4 Å². The molecule has 0 unspecified atom stereocenters. The molecule has 16 heavy (non-hydrogen) atoms. The zero-order valence-corrected chi connectivity index (χ0v) is 10.6. The van der Waals surface area contributed by atoms with Crippen molar-refractivity contribution in [1.29, 1.82) is 0 Å². The minimum absolute atomic E-state index is 0.188. The molecule has 0 spiro atoms. The second-order valence-corrected chi connectivity index (χ2v) is 4.80. The highest BCUT2D eigenvalue weighted by Gasteiger charge is 2.20. The van der Waals surface area contributed by atoms with Crippen molar-refractivity contribution in [3.05, 3.63) is 28.8 Å². The van der Waals surface area contributed by atoms with E-state index in [0.29, 0.717) is 16.3 Å². The number of amides is 1. The van der Waals surface area contributed by atoms with Gasteiger partial charge in [-0.2, -0.15) is 0 Å². The fourth-order valence-electron chi connectivity index (χ4n) is 1.20. The summed E-state index contributed by atoms with van der Waals surface area (Å²) in [6.07, 6.45) is 0.846. The standard InChI is InChI=1S/C12H17ClN2O/c1-4-12(2,3)15-11(16)8-6-5-7-9(13)10(8)14/h5-7H,4,14H2,1-3H3,(H,15,16). The highest BCUT2D eigenvalue weighted by molar-refractivity contribution is 6.33. The van der Waals surface area contributed by atoms with Crippen LogP contribution in [0.3, 0.4) is 0 Å². The van der Waals surface area contributed by atoms with E-state index in [-0.39, 0.29) is 11.4 Å². The maximum atomic E-state index is 11.9. The Morgan fingerprint density at radius 2 is 2.12 bits per heavy atom. The fraction of sp³-hybridized carbons (Fsp3) is 0.417. The Morgan fingerprint density at radius 3 is 2.69 bits per heavy atom. The molecular formula is C12H17ClN2O. The van der Waals surface area contributed by atoms with Crippen molar-refractivity contribution >= 4 is 23.2 Å². The molecule has 3 N–H and O–H groups in total. The first-order valence-electron chi connectivity index (χ1n) is 5.24. The van der Waals surface area contributed by atoms with Crippen LogP contribution in [0.5, 0.6) is 0 Å². The third-order valence-corrected chi connectivity index (χ3v) is 2.96. The topological polar surface area (TPSA) is 55.1 Å². The maximum absolute atomic E-state index is 11.9. The first kappa shape index (κ1) is 12.8. The maximum Gasteiger partial charge on any atom is 0.253 e. The summed E-state index contributed by atoms with van der Waals surface area (Å²) in [6, 6.07) is 5.05. The fourth-order valence-corrected chi connectivity index (χ4v) is 1.37. The number of nitrogens with one attached hydrogen (secondary N) is 1. The van der Waals surface area contributed by atoms with E-state index in [0.717, 1.165) is 6.42 Å². The van der Waals surface area contributed by atoms with E-state index >= 15 is 0 Å². The van der Waals surface area contributed by atoms with E-state index in [1.165, 1.54) is 0 Å². The molecular weight excluding hydrogens is 224 g/mol. The molecule has 0 saturated carbocycles. The summed E-state index contributed by atoms with van der Waals surface area (Å²) in [5, 5.41) is 3.32. The zero-order chi connectivity index (χ0) is 12.3. The van der Waals surface area contributed by atoms with E-state index in [9.17, 15) is 4.79 Å². The highest BCUT2D eigenvalue weighted by atomic mass is 35.5. The Balaban J connectivity index is 2.94. The van der Waals surface area contributed by atoms with Crippen LogP contribution >= 0.6 is 11.6 Å². The van der Waals surface area contributed by atoms with Gasteiger partial charge in [0.25, 0.3) is 5.91 Å². The van der Waals surface area contributed by atoms with Crippen molar-refractivity contribution in [3.63, 3.8) is 0 Å². The van der Waals surface area contributed by atoms with E-state index in [1.807, 2.05) is 20.8 Å². The molecule has 0 aliphatic rings. The number of nitrogen functional groups attached to an aromatic ring is 1. The van der Waals surface area contributed by atoms with Gasteiger partial charge in [-0.25, -0.2) is 0 Å². The van der Waals surface area contributed by atoms with Crippen LogP contribution in [0, 0.1) is 0 Å². The van der Waals surface area contributed by atoms with Crippen LogP contribution in [-0.2, 0) is 0 Å². The number of hydrogen-bond acceptors (Lipinski definition) is 2.